The summed E-state index contributed by atoms with van der Waals surface area (Å²) >= 11 is 1.09. The molecule has 1 heterocycles. The molecule has 8 heteroatoms. The molecule has 0 unspecified atom stereocenters. The largest absolute Gasteiger partial charge is 0.492 e. The van der Waals surface area contributed by atoms with E-state index in [9.17, 15) is 13.6 Å². The van der Waals surface area contributed by atoms with E-state index in [0.29, 0.717) is 29.5 Å². The van der Waals surface area contributed by atoms with Crippen LogP contribution < -0.4 is 20.5 Å². The van der Waals surface area contributed by atoms with Crippen molar-refractivity contribution in [3.63, 3.8) is 0 Å². The number of benzene rings is 1. The Labute approximate surface area is 136 Å². The second-order valence-corrected chi connectivity index (χ2v) is 5.80. The van der Waals surface area contributed by atoms with Gasteiger partial charge >= 0.3 is 6.61 Å². The van der Waals surface area contributed by atoms with Crippen molar-refractivity contribution in [2.24, 2.45) is 5.73 Å². The van der Waals surface area contributed by atoms with Crippen LogP contribution in [0.5, 0.6) is 11.5 Å². The minimum absolute atomic E-state index is 0.103. The number of hydrogen-bond donors (Lipinski definition) is 2. The molecular weight excluding hydrogens is 326 g/mol. The van der Waals surface area contributed by atoms with Crippen LogP contribution in [0, 0.1) is 6.92 Å². The maximum atomic E-state index is 12.4. The fourth-order valence-corrected chi connectivity index (χ4v) is 2.67. The summed E-state index contributed by atoms with van der Waals surface area (Å²) < 4.78 is 34.4. The Kier molecular flexibility index (Phi) is 5.89. The van der Waals surface area contributed by atoms with Gasteiger partial charge in [0.25, 0.3) is 5.91 Å². The van der Waals surface area contributed by atoms with Crippen LogP contribution in [-0.2, 0) is 0 Å². The number of nitrogens with two attached hydrogens (primary N) is 1. The number of ether oxygens (including phenoxy) is 2. The molecule has 0 fully saturated rings. The van der Waals surface area contributed by atoms with Gasteiger partial charge < -0.3 is 20.5 Å². The Balaban J connectivity index is 2.07. The molecule has 1 aromatic heterocycles. The average molecular weight is 342 g/mol. The topological polar surface area (TPSA) is 73.6 Å². The van der Waals surface area contributed by atoms with Crippen LogP contribution in [0.4, 0.5) is 14.5 Å². The number of halogens is 2. The third-order valence-electron chi connectivity index (χ3n) is 2.74. The van der Waals surface area contributed by atoms with Gasteiger partial charge in [0.2, 0.25) is 0 Å². The van der Waals surface area contributed by atoms with Crippen molar-refractivity contribution in [2.45, 2.75) is 13.5 Å². The lowest BCUT2D eigenvalue weighted by Gasteiger charge is -2.08. The highest BCUT2D eigenvalue weighted by Crippen LogP contribution is 2.31. The highest BCUT2D eigenvalue weighted by Gasteiger charge is 2.19. The van der Waals surface area contributed by atoms with Gasteiger partial charge in [0, 0.05) is 17.1 Å². The van der Waals surface area contributed by atoms with E-state index in [0.717, 1.165) is 11.3 Å². The fraction of sp³-hybridized carbons (Fsp3) is 0.267. The highest BCUT2D eigenvalue weighted by atomic mass is 32.1. The zero-order chi connectivity index (χ0) is 16.8. The molecule has 2 aromatic rings. The van der Waals surface area contributed by atoms with Gasteiger partial charge in [-0.2, -0.15) is 8.78 Å². The molecule has 0 aliphatic heterocycles. The van der Waals surface area contributed by atoms with Crippen molar-refractivity contribution in [1.29, 1.82) is 0 Å². The summed E-state index contributed by atoms with van der Waals surface area (Å²) in [6.45, 7) is -0.462. The SMILES string of the molecule is Cc1cc(OC(F)F)c(C(=O)Nc2ccc(OCCN)cc2)s1. The molecule has 0 saturated carbocycles. The number of alkyl halides is 2. The molecule has 124 valence electrons. The number of carbonyl (C=O) groups is 1. The summed E-state index contributed by atoms with van der Waals surface area (Å²) in [5.41, 5.74) is 5.86. The van der Waals surface area contributed by atoms with Gasteiger partial charge in [-0.1, -0.05) is 0 Å². The van der Waals surface area contributed by atoms with E-state index in [1.54, 1.807) is 31.2 Å². The zero-order valence-corrected chi connectivity index (χ0v) is 13.2. The lowest BCUT2D eigenvalue weighted by molar-refractivity contribution is -0.0498. The number of anilines is 1. The van der Waals surface area contributed by atoms with E-state index < -0.39 is 12.5 Å². The average Bonchev–Trinajstić information content (AvgIpc) is 2.86. The molecule has 0 atom stereocenters. The molecule has 23 heavy (non-hydrogen) atoms. The van der Waals surface area contributed by atoms with Crippen LogP contribution in [0.2, 0.25) is 0 Å². The van der Waals surface area contributed by atoms with Crippen LogP contribution in [0.15, 0.2) is 30.3 Å². The van der Waals surface area contributed by atoms with Crippen LogP contribution in [0.25, 0.3) is 0 Å². The maximum Gasteiger partial charge on any atom is 0.387 e. The van der Waals surface area contributed by atoms with Gasteiger partial charge in [-0.3, -0.25) is 4.79 Å². The first-order valence-corrected chi connectivity index (χ1v) is 7.60. The lowest BCUT2D eigenvalue weighted by Crippen LogP contribution is -2.13. The smallest absolute Gasteiger partial charge is 0.387 e. The Hall–Kier alpha value is -2.19. The molecule has 0 radical (unpaired) electrons. The first kappa shape index (κ1) is 17.2. The number of thiophene rings is 1. The van der Waals surface area contributed by atoms with E-state index in [4.69, 9.17) is 10.5 Å². The minimum atomic E-state index is -2.98. The predicted octanol–water partition coefficient (Wildman–Crippen LogP) is 3.25. The van der Waals surface area contributed by atoms with Crippen LogP contribution in [-0.4, -0.2) is 25.7 Å². The van der Waals surface area contributed by atoms with E-state index in [1.165, 1.54) is 6.07 Å². The first-order chi connectivity index (χ1) is 11.0. The van der Waals surface area contributed by atoms with E-state index >= 15 is 0 Å². The van der Waals surface area contributed by atoms with Gasteiger partial charge in [0.1, 0.15) is 23.0 Å². The number of aryl methyl sites for hydroxylation is 1. The van der Waals surface area contributed by atoms with Crippen molar-refractivity contribution >= 4 is 22.9 Å². The molecule has 0 bridgehead atoms. The number of hydrogen-bond acceptors (Lipinski definition) is 5. The fourth-order valence-electron chi connectivity index (χ4n) is 1.83. The second-order valence-electron chi connectivity index (χ2n) is 4.54. The summed E-state index contributed by atoms with van der Waals surface area (Å²) in [7, 11) is 0. The molecule has 5 nitrogen and oxygen atoms in total. The normalized spacial score (nSPS) is 10.7. The Morgan fingerprint density at radius 2 is 2.04 bits per heavy atom. The quantitative estimate of drug-likeness (QED) is 0.810. The summed E-state index contributed by atoms with van der Waals surface area (Å²) in [5, 5.41) is 2.63. The monoisotopic (exact) mass is 342 g/mol. The summed E-state index contributed by atoms with van der Waals surface area (Å²) in [5.74, 6) is -0.000541. The van der Waals surface area contributed by atoms with Crippen molar-refractivity contribution in [3.05, 3.63) is 40.1 Å². The lowest BCUT2D eigenvalue weighted by atomic mass is 10.3. The molecule has 2 rings (SSSR count). The summed E-state index contributed by atoms with van der Waals surface area (Å²) in [6, 6.07) is 8.08. The van der Waals surface area contributed by atoms with E-state index in [2.05, 4.69) is 10.1 Å². The van der Waals surface area contributed by atoms with Crippen LogP contribution in [0.1, 0.15) is 14.5 Å². The van der Waals surface area contributed by atoms with Crippen LogP contribution in [0.3, 0.4) is 0 Å². The van der Waals surface area contributed by atoms with Crippen molar-refractivity contribution in [1.82, 2.24) is 0 Å². The third kappa shape index (κ3) is 4.90. The second kappa shape index (κ2) is 7.89. The maximum absolute atomic E-state index is 12.4. The zero-order valence-electron chi connectivity index (χ0n) is 12.3. The van der Waals surface area contributed by atoms with Gasteiger partial charge in [0.15, 0.2) is 0 Å². The van der Waals surface area contributed by atoms with Gasteiger partial charge in [0.05, 0.1) is 0 Å². The number of carbonyl (C=O) groups excluding carboxylic acids is 1. The first-order valence-electron chi connectivity index (χ1n) is 6.79. The Morgan fingerprint density at radius 1 is 1.35 bits per heavy atom. The molecule has 1 amide bonds. The van der Waals surface area contributed by atoms with Crippen molar-refractivity contribution in [3.8, 4) is 11.5 Å². The highest BCUT2D eigenvalue weighted by molar-refractivity contribution is 7.14. The standard InChI is InChI=1S/C15H16F2N2O3S/c1-9-8-12(22-15(16)17)13(23-9)14(20)19-10-2-4-11(5-3-10)21-7-6-18/h2-5,8,15H,6-7,18H2,1H3,(H,19,20). The number of amides is 1. The summed E-state index contributed by atoms with van der Waals surface area (Å²) in [4.78, 5) is 13.0. The van der Waals surface area contributed by atoms with Gasteiger partial charge in [-0.05, 0) is 37.3 Å². The van der Waals surface area contributed by atoms with Gasteiger partial charge in [-0.25, -0.2) is 0 Å². The predicted molar refractivity (Wildman–Crippen MR) is 84.6 cm³/mol. The summed E-state index contributed by atoms with van der Waals surface area (Å²) in [6.07, 6.45) is 0. The Bertz CT molecular complexity index is 659. The molecule has 0 spiro atoms. The Morgan fingerprint density at radius 3 is 2.65 bits per heavy atom. The number of rotatable bonds is 7. The van der Waals surface area contributed by atoms with E-state index in [-0.39, 0.29) is 10.6 Å². The number of nitrogens with one attached hydrogen (secondary N) is 1. The third-order valence-corrected chi connectivity index (χ3v) is 3.77. The molecule has 1 aromatic carbocycles. The molecule has 0 aliphatic rings. The molecule has 0 aliphatic carbocycles. The van der Waals surface area contributed by atoms with Crippen molar-refractivity contribution < 1.29 is 23.0 Å². The van der Waals surface area contributed by atoms with Crippen molar-refractivity contribution in [2.75, 3.05) is 18.5 Å². The van der Waals surface area contributed by atoms with Crippen LogP contribution >= 0.6 is 11.3 Å². The molecule has 3 N–H and O–H groups in total. The molecule has 0 saturated heterocycles. The molecular formula is C15H16F2N2O3S. The minimum Gasteiger partial charge on any atom is -0.492 e. The van der Waals surface area contributed by atoms with E-state index in [1.807, 2.05) is 0 Å². The van der Waals surface area contributed by atoms with Gasteiger partial charge in [-0.15, -0.1) is 11.3 Å².